The van der Waals surface area contributed by atoms with E-state index in [1.54, 1.807) is 23.3 Å². The maximum absolute atomic E-state index is 12.6. The lowest BCUT2D eigenvalue weighted by atomic mass is 10.2. The molecule has 2 aromatic rings. The normalized spacial score (nSPS) is 13.0. The number of nitrogens with two attached hydrogens (primary N) is 1. The number of amides is 1. The molecule has 1 aliphatic carbocycles. The number of anilines is 1. The van der Waals surface area contributed by atoms with E-state index in [0.717, 1.165) is 29.0 Å². The topological polar surface area (TPSA) is 46.3 Å². The molecule has 108 valence electrons. The van der Waals surface area contributed by atoms with Crippen LogP contribution in [0.5, 0.6) is 0 Å². The summed E-state index contributed by atoms with van der Waals surface area (Å²) in [6, 6.07) is 9.50. The summed E-state index contributed by atoms with van der Waals surface area (Å²) < 4.78 is 0. The smallest absolute Gasteiger partial charge is 0.268 e. The van der Waals surface area contributed by atoms with Crippen LogP contribution in [0.15, 0.2) is 30.3 Å². The summed E-state index contributed by atoms with van der Waals surface area (Å²) in [5.74, 6) is 0.0227. The molecule has 1 amide bonds. The molecule has 1 aliphatic rings. The van der Waals surface area contributed by atoms with Crippen LogP contribution < -0.4 is 10.6 Å². The van der Waals surface area contributed by atoms with Gasteiger partial charge in [-0.25, -0.2) is 0 Å². The Labute approximate surface area is 133 Å². The van der Waals surface area contributed by atoms with Gasteiger partial charge < -0.3 is 10.6 Å². The average molecular weight is 316 g/mol. The zero-order valence-electron chi connectivity index (χ0n) is 11.8. The summed E-state index contributed by atoms with van der Waals surface area (Å²) in [5, 5.41) is 0. The Kier molecular flexibility index (Phi) is 3.78. The lowest BCUT2D eigenvalue weighted by molar-refractivity contribution is 0.0997. The molecule has 0 spiro atoms. The second-order valence-corrected chi connectivity index (χ2v) is 6.77. The fraction of sp³-hybridized carbons (Fsp3) is 0.250. The number of carbonyl (C=O) groups is 1. The maximum Gasteiger partial charge on any atom is 0.268 e. The largest absolute Gasteiger partial charge is 0.389 e. The van der Waals surface area contributed by atoms with Crippen molar-refractivity contribution >= 4 is 40.1 Å². The first-order chi connectivity index (χ1) is 10.1. The van der Waals surface area contributed by atoms with Crippen molar-refractivity contribution in [3.8, 4) is 0 Å². The Morgan fingerprint density at radius 2 is 2.14 bits per heavy atom. The van der Waals surface area contributed by atoms with Crippen LogP contribution >= 0.6 is 23.6 Å². The van der Waals surface area contributed by atoms with Crippen LogP contribution in [-0.4, -0.2) is 17.9 Å². The van der Waals surface area contributed by atoms with Crippen LogP contribution in [0.1, 0.15) is 32.1 Å². The van der Waals surface area contributed by atoms with Gasteiger partial charge in [0.25, 0.3) is 5.91 Å². The molecule has 1 aromatic heterocycles. The summed E-state index contributed by atoms with van der Waals surface area (Å²) in [4.78, 5) is 16.8. The number of aryl methyl sites for hydroxylation is 2. The van der Waals surface area contributed by atoms with Gasteiger partial charge in [0, 0.05) is 23.2 Å². The van der Waals surface area contributed by atoms with Gasteiger partial charge in [0.2, 0.25) is 0 Å². The zero-order chi connectivity index (χ0) is 15.0. The highest BCUT2D eigenvalue weighted by Gasteiger charge is 2.21. The molecule has 2 N–H and O–H groups in total. The Morgan fingerprint density at radius 3 is 2.86 bits per heavy atom. The number of hydrogen-bond acceptors (Lipinski definition) is 3. The minimum Gasteiger partial charge on any atom is -0.389 e. The van der Waals surface area contributed by atoms with Crippen molar-refractivity contribution < 1.29 is 4.79 Å². The number of nitrogens with zero attached hydrogens (tertiary/aromatic N) is 1. The third-order valence-electron chi connectivity index (χ3n) is 3.78. The quantitative estimate of drug-likeness (QED) is 0.885. The van der Waals surface area contributed by atoms with E-state index in [1.165, 1.54) is 16.9 Å². The fourth-order valence-corrected chi connectivity index (χ4v) is 3.94. The lowest BCUT2D eigenvalue weighted by Crippen LogP contribution is -2.25. The number of benzene rings is 1. The Hall–Kier alpha value is -1.72. The third-order valence-corrected chi connectivity index (χ3v) is 5.24. The highest BCUT2D eigenvalue weighted by atomic mass is 32.1. The van der Waals surface area contributed by atoms with Crippen LogP contribution in [0.4, 0.5) is 5.69 Å². The number of fused-ring (bicyclic) bond motifs is 1. The van der Waals surface area contributed by atoms with Gasteiger partial charge in [-0.15, -0.1) is 11.3 Å². The number of hydrogen-bond donors (Lipinski definition) is 1. The van der Waals surface area contributed by atoms with Crippen molar-refractivity contribution in [2.24, 2.45) is 5.73 Å². The Bertz CT molecular complexity index is 699. The van der Waals surface area contributed by atoms with Gasteiger partial charge in [-0.05, 0) is 43.0 Å². The third kappa shape index (κ3) is 2.71. The molecule has 1 heterocycles. The van der Waals surface area contributed by atoms with E-state index in [0.29, 0.717) is 4.99 Å². The van der Waals surface area contributed by atoms with Gasteiger partial charge >= 0.3 is 0 Å². The van der Waals surface area contributed by atoms with E-state index in [9.17, 15) is 4.79 Å². The fourth-order valence-electron chi connectivity index (χ4n) is 2.58. The molecular weight excluding hydrogens is 300 g/mol. The Balaban J connectivity index is 1.86. The second kappa shape index (κ2) is 5.58. The first kappa shape index (κ1) is 14.2. The minimum atomic E-state index is 0.0227. The molecule has 1 aromatic carbocycles. The predicted molar refractivity (Wildman–Crippen MR) is 91.4 cm³/mol. The monoisotopic (exact) mass is 316 g/mol. The minimum absolute atomic E-state index is 0.0227. The molecule has 3 rings (SSSR count). The van der Waals surface area contributed by atoms with Crippen LogP contribution in [0.25, 0.3) is 0 Å². The molecule has 3 nitrogen and oxygen atoms in total. The zero-order valence-corrected chi connectivity index (χ0v) is 13.4. The first-order valence-electron chi connectivity index (χ1n) is 6.86. The van der Waals surface area contributed by atoms with Gasteiger partial charge in [-0.3, -0.25) is 4.79 Å². The Morgan fingerprint density at radius 1 is 1.33 bits per heavy atom. The van der Waals surface area contributed by atoms with E-state index in [-0.39, 0.29) is 5.91 Å². The lowest BCUT2D eigenvalue weighted by Gasteiger charge is -2.17. The van der Waals surface area contributed by atoms with E-state index in [2.05, 4.69) is 0 Å². The van der Waals surface area contributed by atoms with E-state index >= 15 is 0 Å². The predicted octanol–water partition coefficient (Wildman–Crippen LogP) is 3.15. The van der Waals surface area contributed by atoms with Crippen LogP contribution in [-0.2, 0) is 12.8 Å². The maximum atomic E-state index is 12.6. The van der Waals surface area contributed by atoms with Crippen molar-refractivity contribution in [2.45, 2.75) is 19.3 Å². The standard InChI is InChI=1S/C16H16N2OS2/c1-18(12-6-2-5-11(8-12)15(17)20)16(19)14-9-10-4-3-7-13(10)21-14/h2,5-6,8-9H,3-4,7H2,1H3,(H2,17,20). The van der Waals surface area contributed by atoms with Gasteiger partial charge in [-0.2, -0.15) is 0 Å². The molecule has 0 bridgehead atoms. The van der Waals surface area contributed by atoms with Crippen molar-refractivity contribution in [1.82, 2.24) is 0 Å². The number of rotatable bonds is 3. The van der Waals surface area contributed by atoms with Crippen LogP contribution in [0.3, 0.4) is 0 Å². The number of carbonyl (C=O) groups excluding carboxylic acids is 1. The number of thiocarbonyl (C=S) groups is 1. The first-order valence-corrected chi connectivity index (χ1v) is 8.08. The molecule has 0 saturated heterocycles. The van der Waals surface area contributed by atoms with Crippen molar-refractivity contribution in [1.29, 1.82) is 0 Å². The molecule has 0 saturated carbocycles. The summed E-state index contributed by atoms with van der Waals surface area (Å²) in [6.45, 7) is 0. The summed E-state index contributed by atoms with van der Waals surface area (Å²) in [7, 11) is 1.78. The molecule has 0 aliphatic heterocycles. The van der Waals surface area contributed by atoms with Gasteiger partial charge in [-0.1, -0.05) is 24.4 Å². The molecule has 0 atom stereocenters. The van der Waals surface area contributed by atoms with Crippen LogP contribution in [0, 0.1) is 0 Å². The molecule has 0 radical (unpaired) electrons. The van der Waals surface area contributed by atoms with Gasteiger partial charge in [0.05, 0.1) is 4.88 Å². The molecule has 0 unspecified atom stereocenters. The van der Waals surface area contributed by atoms with Crippen molar-refractivity contribution in [3.63, 3.8) is 0 Å². The van der Waals surface area contributed by atoms with E-state index < -0.39 is 0 Å². The molecular formula is C16H16N2OS2. The second-order valence-electron chi connectivity index (χ2n) is 5.19. The molecule has 0 fully saturated rings. The van der Waals surface area contributed by atoms with Crippen LogP contribution in [0.2, 0.25) is 0 Å². The van der Waals surface area contributed by atoms with Crippen molar-refractivity contribution in [3.05, 3.63) is 51.2 Å². The van der Waals surface area contributed by atoms with Gasteiger partial charge in [0.1, 0.15) is 4.99 Å². The molecule has 5 heteroatoms. The SMILES string of the molecule is CN(C(=O)c1cc2c(s1)CCC2)c1cccc(C(N)=S)c1. The summed E-state index contributed by atoms with van der Waals surface area (Å²) >= 11 is 6.61. The van der Waals surface area contributed by atoms with E-state index in [4.69, 9.17) is 18.0 Å². The highest BCUT2D eigenvalue weighted by molar-refractivity contribution is 7.80. The van der Waals surface area contributed by atoms with Crippen molar-refractivity contribution in [2.75, 3.05) is 11.9 Å². The van der Waals surface area contributed by atoms with E-state index in [1.807, 2.05) is 30.3 Å². The number of thiophene rings is 1. The highest BCUT2D eigenvalue weighted by Crippen LogP contribution is 2.31. The molecule has 21 heavy (non-hydrogen) atoms. The summed E-state index contributed by atoms with van der Waals surface area (Å²) in [5.41, 5.74) is 8.57. The van der Waals surface area contributed by atoms with Gasteiger partial charge in [0.15, 0.2) is 0 Å². The summed E-state index contributed by atoms with van der Waals surface area (Å²) in [6.07, 6.45) is 3.41. The average Bonchev–Trinajstić information content (AvgIpc) is 3.07.